The van der Waals surface area contributed by atoms with Gasteiger partial charge in [0.15, 0.2) is 0 Å². The molecule has 1 N–H and O–H groups in total. The molecule has 0 amide bonds. The highest BCUT2D eigenvalue weighted by Gasteiger charge is 2.35. The third kappa shape index (κ3) is 2.72. The Morgan fingerprint density at radius 1 is 1.33 bits per heavy atom. The molecule has 0 bridgehead atoms. The zero-order chi connectivity index (χ0) is 11.5. The molecule has 0 saturated carbocycles. The molecule has 0 aliphatic rings. The largest absolute Gasteiger partial charge is 0.417 e. The van der Waals surface area contributed by atoms with Crippen molar-refractivity contribution in [2.45, 2.75) is 25.9 Å². The molecule has 0 spiro atoms. The van der Waals surface area contributed by atoms with Crippen LogP contribution in [-0.2, 0) is 12.6 Å². The van der Waals surface area contributed by atoms with E-state index in [1.807, 2.05) is 6.92 Å². The molecule has 15 heavy (non-hydrogen) atoms. The van der Waals surface area contributed by atoms with E-state index < -0.39 is 11.7 Å². The molecule has 1 aromatic rings. The van der Waals surface area contributed by atoms with Gasteiger partial charge >= 0.3 is 6.18 Å². The van der Waals surface area contributed by atoms with Crippen molar-refractivity contribution >= 4 is 0 Å². The number of benzene rings is 1. The van der Waals surface area contributed by atoms with Crippen LogP contribution in [0.2, 0.25) is 0 Å². The number of aryl methyl sites for hydroxylation is 1. The van der Waals surface area contributed by atoms with Gasteiger partial charge in [0.05, 0.1) is 5.56 Å². The Balaban J connectivity index is 3.27. The first-order valence-electron chi connectivity index (χ1n) is 4.67. The first-order valence-corrected chi connectivity index (χ1v) is 4.67. The molecule has 0 aromatic heterocycles. The second kappa shape index (κ2) is 4.66. The lowest BCUT2D eigenvalue weighted by Gasteiger charge is -2.15. The molecule has 0 unspecified atom stereocenters. The van der Waals surface area contributed by atoms with Crippen LogP contribution in [0, 0.1) is 6.61 Å². The van der Waals surface area contributed by atoms with Crippen LogP contribution in [0.15, 0.2) is 18.2 Å². The van der Waals surface area contributed by atoms with Crippen molar-refractivity contribution in [3.05, 3.63) is 41.5 Å². The second-order valence-electron chi connectivity index (χ2n) is 3.26. The van der Waals surface area contributed by atoms with Gasteiger partial charge in [-0.3, -0.25) is 0 Å². The monoisotopic (exact) mass is 217 g/mol. The van der Waals surface area contributed by atoms with Crippen molar-refractivity contribution < 1.29 is 18.3 Å². The Bertz CT molecular complexity index is 331. The topological polar surface area (TPSA) is 20.2 Å². The van der Waals surface area contributed by atoms with E-state index in [4.69, 9.17) is 5.11 Å². The molecule has 0 atom stereocenters. The molecule has 1 aromatic carbocycles. The zero-order valence-electron chi connectivity index (χ0n) is 8.30. The Labute approximate surface area is 86.5 Å². The summed E-state index contributed by atoms with van der Waals surface area (Å²) in [6, 6.07) is 4.21. The molecule has 0 saturated heterocycles. The maximum Gasteiger partial charge on any atom is 0.417 e. The van der Waals surface area contributed by atoms with Gasteiger partial charge < -0.3 is 5.11 Å². The van der Waals surface area contributed by atoms with Crippen LogP contribution < -0.4 is 0 Å². The summed E-state index contributed by atoms with van der Waals surface area (Å²) in [5.41, 5.74) is -0.671. The van der Waals surface area contributed by atoms with Crippen LogP contribution in [0.3, 0.4) is 0 Å². The summed E-state index contributed by atoms with van der Waals surface area (Å²) in [7, 11) is 0. The van der Waals surface area contributed by atoms with Gasteiger partial charge in [0.1, 0.15) is 6.61 Å². The van der Waals surface area contributed by atoms with Crippen LogP contribution in [-0.4, -0.2) is 5.11 Å². The Hall–Kier alpha value is -1.03. The van der Waals surface area contributed by atoms with Crippen LogP contribution >= 0.6 is 0 Å². The Morgan fingerprint density at radius 2 is 2.00 bits per heavy atom. The van der Waals surface area contributed by atoms with E-state index in [-0.39, 0.29) is 11.1 Å². The predicted molar refractivity (Wildman–Crippen MR) is 50.8 cm³/mol. The van der Waals surface area contributed by atoms with Crippen LogP contribution in [0.4, 0.5) is 13.2 Å². The van der Waals surface area contributed by atoms with Gasteiger partial charge in [-0.2, -0.15) is 13.2 Å². The molecule has 1 rings (SSSR count). The van der Waals surface area contributed by atoms with Gasteiger partial charge in [0.2, 0.25) is 0 Å². The Morgan fingerprint density at radius 3 is 2.47 bits per heavy atom. The van der Waals surface area contributed by atoms with Gasteiger partial charge in [0, 0.05) is 0 Å². The van der Waals surface area contributed by atoms with Crippen molar-refractivity contribution in [3.63, 3.8) is 0 Å². The summed E-state index contributed by atoms with van der Waals surface area (Å²) in [6.45, 7) is 2.32. The average Bonchev–Trinajstić information content (AvgIpc) is 2.16. The fraction of sp³-hybridized carbons (Fsp3) is 0.364. The molecule has 0 aliphatic carbocycles. The molecular formula is C11H12F3O. The highest BCUT2D eigenvalue weighted by molar-refractivity contribution is 5.40. The van der Waals surface area contributed by atoms with Gasteiger partial charge in [-0.15, -0.1) is 0 Å². The molecular weight excluding hydrogens is 205 g/mol. The van der Waals surface area contributed by atoms with Crippen molar-refractivity contribution in [2.75, 3.05) is 0 Å². The van der Waals surface area contributed by atoms with Crippen molar-refractivity contribution in [1.82, 2.24) is 0 Å². The first kappa shape index (κ1) is 12.0. The molecule has 0 heterocycles. The molecule has 1 nitrogen and oxygen atoms in total. The average molecular weight is 217 g/mol. The van der Waals surface area contributed by atoms with E-state index in [0.717, 1.165) is 0 Å². The zero-order valence-corrected chi connectivity index (χ0v) is 8.30. The lowest BCUT2D eigenvalue weighted by molar-refractivity contribution is -0.138. The van der Waals surface area contributed by atoms with E-state index in [0.29, 0.717) is 19.4 Å². The summed E-state index contributed by atoms with van der Waals surface area (Å²) in [5.74, 6) is 0. The number of hydrogen-bond acceptors (Lipinski definition) is 1. The van der Waals surface area contributed by atoms with E-state index in [1.165, 1.54) is 18.2 Å². The minimum atomic E-state index is -4.42. The van der Waals surface area contributed by atoms with E-state index in [9.17, 15) is 13.2 Å². The van der Waals surface area contributed by atoms with Crippen LogP contribution in [0.25, 0.3) is 0 Å². The molecule has 0 fully saturated rings. The van der Waals surface area contributed by atoms with Gasteiger partial charge in [-0.25, -0.2) is 0 Å². The van der Waals surface area contributed by atoms with Gasteiger partial charge in [-0.1, -0.05) is 31.5 Å². The number of halogens is 3. The summed E-state index contributed by atoms with van der Waals surface area (Å²) in [6.07, 6.45) is -3.42. The molecule has 4 heteroatoms. The summed E-state index contributed by atoms with van der Waals surface area (Å²) < 4.78 is 38.1. The number of aliphatic hydroxyl groups excluding tert-OH is 1. The van der Waals surface area contributed by atoms with Crippen LogP contribution in [0.5, 0.6) is 0 Å². The minimum Gasteiger partial charge on any atom is -0.385 e. The highest BCUT2D eigenvalue weighted by atomic mass is 19.4. The summed E-state index contributed by atoms with van der Waals surface area (Å²) in [5, 5.41) is 8.75. The van der Waals surface area contributed by atoms with Crippen LogP contribution in [0.1, 0.15) is 30.0 Å². The quantitative estimate of drug-likeness (QED) is 0.821. The normalized spacial score (nSPS) is 11.8. The fourth-order valence-electron chi connectivity index (χ4n) is 1.55. The van der Waals surface area contributed by atoms with E-state index >= 15 is 0 Å². The number of rotatable bonds is 3. The standard InChI is InChI=1S/C11H12F3O/c1-2-4-8-5-3-6-9(7-15)10(8)11(12,13)14/h3,5-7,15H,2,4H2,1H3. The molecule has 0 aliphatic heterocycles. The van der Waals surface area contributed by atoms with E-state index in [1.54, 1.807) is 0 Å². The predicted octanol–water partition coefficient (Wildman–Crippen LogP) is 3.54. The molecule has 83 valence electrons. The lowest BCUT2D eigenvalue weighted by Crippen LogP contribution is -2.12. The van der Waals surface area contributed by atoms with Gasteiger partial charge in [-0.05, 0) is 17.5 Å². The maximum atomic E-state index is 12.7. The third-order valence-corrected chi connectivity index (χ3v) is 2.12. The summed E-state index contributed by atoms with van der Waals surface area (Å²) >= 11 is 0. The second-order valence-corrected chi connectivity index (χ2v) is 3.26. The fourth-order valence-corrected chi connectivity index (χ4v) is 1.55. The smallest absolute Gasteiger partial charge is 0.385 e. The van der Waals surface area contributed by atoms with Crippen molar-refractivity contribution in [3.8, 4) is 0 Å². The maximum absolute atomic E-state index is 12.7. The third-order valence-electron chi connectivity index (χ3n) is 2.12. The van der Waals surface area contributed by atoms with E-state index in [2.05, 4.69) is 0 Å². The number of aliphatic hydroxyl groups is 1. The Kier molecular flexibility index (Phi) is 3.74. The number of alkyl halides is 3. The lowest BCUT2D eigenvalue weighted by atomic mass is 9.98. The highest BCUT2D eigenvalue weighted by Crippen LogP contribution is 2.35. The van der Waals surface area contributed by atoms with Crippen molar-refractivity contribution in [1.29, 1.82) is 0 Å². The summed E-state index contributed by atoms with van der Waals surface area (Å²) in [4.78, 5) is 0. The minimum absolute atomic E-state index is 0.173. The van der Waals surface area contributed by atoms with Crippen molar-refractivity contribution in [2.24, 2.45) is 0 Å². The molecule has 1 radical (unpaired) electrons. The first-order chi connectivity index (χ1) is 7.00. The SMILES string of the molecule is CCCc1cccc([CH]O)c1C(F)(F)F. The number of hydrogen-bond donors (Lipinski definition) is 1. The van der Waals surface area contributed by atoms with Gasteiger partial charge in [0.25, 0.3) is 0 Å².